The molecule has 0 saturated heterocycles. The van der Waals surface area contributed by atoms with Gasteiger partial charge in [-0.2, -0.15) is 26.3 Å². The maximum Gasteiger partial charge on any atom is 0.382 e. The smallest absolute Gasteiger partial charge is 0.232 e. The third kappa shape index (κ3) is 1.55. The monoisotopic (exact) mass is 268 g/mol. The lowest BCUT2D eigenvalue weighted by Gasteiger charge is -2.42. The van der Waals surface area contributed by atoms with E-state index in [-0.39, 0.29) is 6.42 Å². The van der Waals surface area contributed by atoms with Gasteiger partial charge in [0, 0.05) is 0 Å². The van der Waals surface area contributed by atoms with Gasteiger partial charge in [-0.1, -0.05) is 13.3 Å². The Hall–Kier alpha value is -0.820. The highest BCUT2D eigenvalue weighted by Crippen LogP contribution is 2.59. The first kappa shape index (κ1) is 14.2. The molecule has 1 atom stereocenters. The number of rotatable bonds is 2. The molecule has 1 aliphatic rings. The molecule has 0 amide bonds. The Balaban J connectivity index is 3.45. The second-order valence-corrected chi connectivity index (χ2v) is 3.83. The molecule has 0 spiro atoms. The van der Waals surface area contributed by atoms with Gasteiger partial charge in [-0.05, 0) is 12.5 Å². The molecule has 0 radical (unpaired) electrons. The first-order valence-corrected chi connectivity index (χ1v) is 4.65. The van der Waals surface area contributed by atoms with Gasteiger partial charge in [0.2, 0.25) is 5.67 Å². The minimum absolute atomic E-state index is 0.336. The van der Waals surface area contributed by atoms with Crippen molar-refractivity contribution in [1.82, 2.24) is 0 Å². The van der Waals surface area contributed by atoms with E-state index in [0.717, 1.165) is 0 Å². The molecule has 0 saturated carbocycles. The Labute approximate surface area is 91.3 Å². The zero-order chi connectivity index (χ0) is 13.7. The van der Waals surface area contributed by atoms with Crippen molar-refractivity contribution in [3.63, 3.8) is 0 Å². The fraction of sp³-hybridized carbons (Fsp3) is 0.778. The first-order valence-electron chi connectivity index (χ1n) is 4.65. The van der Waals surface area contributed by atoms with E-state index < -0.39 is 41.8 Å². The van der Waals surface area contributed by atoms with E-state index in [1.807, 2.05) is 0 Å². The molecule has 1 unspecified atom stereocenters. The first-order chi connectivity index (χ1) is 7.44. The molecule has 0 N–H and O–H groups in total. The SMILES string of the molecule is CCCC1(F)C=C(F)C(F)(F)C(F)(F)C1(F)F. The summed E-state index contributed by atoms with van der Waals surface area (Å²) in [5.74, 6) is -20.4. The lowest BCUT2D eigenvalue weighted by Crippen LogP contribution is -2.66. The molecule has 0 aromatic rings. The van der Waals surface area contributed by atoms with Crippen LogP contribution in [0.25, 0.3) is 0 Å². The zero-order valence-corrected chi connectivity index (χ0v) is 8.52. The van der Waals surface area contributed by atoms with Crippen LogP contribution in [0.1, 0.15) is 19.8 Å². The fourth-order valence-electron chi connectivity index (χ4n) is 1.58. The van der Waals surface area contributed by atoms with E-state index in [1.165, 1.54) is 6.92 Å². The van der Waals surface area contributed by atoms with Crippen molar-refractivity contribution in [1.29, 1.82) is 0 Å². The van der Waals surface area contributed by atoms with Gasteiger partial charge in [0.05, 0.1) is 0 Å². The van der Waals surface area contributed by atoms with Crippen LogP contribution in [0.15, 0.2) is 11.9 Å². The van der Waals surface area contributed by atoms with Crippen molar-refractivity contribution >= 4 is 0 Å². The normalized spacial score (nSPS) is 34.3. The molecule has 0 bridgehead atoms. The Bertz CT molecular complexity index is 345. The summed E-state index contributed by atoms with van der Waals surface area (Å²) in [6, 6.07) is 0. The second kappa shape index (κ2) is 3.58. The van der Waals surface area contributed by atoms with Crippen LogP contribution in [0, 0.1) is 0 Å². The molecule has 1 aliphatic carbocycles. The van der Waals surface area contributed by atoms with Gasteiger partial charge >= 0.3 is 17.8 Å². The largest absolute Gasteiger partial charge is 0.382 e. The van der Waals surface area contributed by atoms with Crippen LogP contribution < -0.4 is 0 Å². The maximum atomic E-state index is 13.6. The van der Waals surface area contributed by atoms with Crippen molar-refractivity contribution in [3.05, 3.63) is 11.9 Å². The van der Waals surface area contributed by atoms with Crippen LogP contribution in [-0.2, 0) is 0 Å². The average molecular weight is 268 g/mol. The number of halogens is 8. The average Bonchev–Trinajstić information content (AvgIpc) is 2.15. The maximum absolute atomic E-state index is 13.6. The summed E-state index contributed by atoms with van der Waals surface area (Å²) in [7, 11) is 0. The third-order valence-corrected chi connectivity index (χ3v) is 2.58. The molecule has 0 heterocycles. The molecule has 0 aromatic carbocycles. The molecular formula is C9H8F8. The lowest BCUT2D eigenvalue weighted by molar-refractivity contribution is -0.339. The van der Waals surface area contributed by atoms with Crippen LogP contribution in [-0.4, -0.2) is 23.4 Å². The summed E-state index contributed by atoms with van der Waals surface area (Å²) in [5, 5.41) is 0. The molecule has 0 nitrogen and oxygen atoms in total. The second-order valence-electron chi connectivity index (χ2n) is 3.83. The number of hydrogen-bond donors (Lipinski definition) is 0. The molecule has 8 heteroatoms. The molecule has 17 heavy (non-hydrogen) atoms. The number of allylic oxidation sites excluding steroid dienone is 2. The van der Waals surface area contributed by atoms with Crippen LogP contribution in [0.3, 0.4) is 0 Å². The Morgan fingerprint density at radius 1 is 0.941 bits per heavy atom. The van der Waals surface area contributed by atoms with Crippen molar-refractivity contribution in [2.75, 3.05) is 0 Å². The van der Waals surface area contributed by atoms with Gasteiger partial charge in [0.1, 0.15) is 0 Å². The number of hydrogen-bond acceptors (Lipinski definition) is 0. The van der Waals surface area contributed by atoms with Crippen LogP contribution in [0.5, 0.6) is 0 Å². The quantitative estimate of drug-likeness (QED) is 0.656. The minimum Gasteiger partial charge on any atom is -0.232 e. The summed E-state index contributed by atoms with van der Waals surface area (Å²) >= 11 is 0. The standard InChI is InChI=1S/C9H8F8/c1-2-3-6(11)4-5(10)7(12,13)9(16,17)8(6,14)15/h4H,2-3H2,1H3. The molecule has 0 fully saturated rings. The van der Waals surface area contributed by atoms with Gasteiger partial charge < -0.3 is 0 Å². The van der Waals surface area contributed by atoms with E-state index in [4.69, 9.17) is 0 Å². The molecular weight excluding hydrogens is 260 g/mol. The highest BCUT2D eigenvalue weighted by Gasteiger charge is 2.82. The van der Waals surface area contributed by atoms with Gasteiger partial charge in [-0.15, -0.1) is 0 Å². The highest BCUT2D eigenvalue weighted by atomic mass is 19.4. The van der Waals surface area contributed by atoms with Gasteiger partial charge in [-0.3, -0.25) is 0 Å². The van der Waals surface area contributed by atoms with Crippen molar-refractivity contribution in [2.24, 2.45) is 0 Å². The van der Waals surface area contributed by atoms with E-state index in [0.29, 0.717) is 0 Å². The third-order valence-electron chi connectivity index (χ3n) is 2.58. The predicted molar refractivity (Wildman–Crippen MR) is 42.8 cm³/mol. The topological polar surface area (TPSA) is 0 Å². The lowest BCUT2D eigenvalue weighted by atomic mass is 9.80. The predicted octanol–water partition coefficient (Wildman–Crippen LogP) is 4.27. The van der Waals surface area contributed by atoms with E-state index in [1.54, 1.807) is 0 Å². The van der Waals surface area contributed by atoms with E-state index >= 15 is 0 Å². The van der Waals surface area contributed by atoms with Crippen LogP contribution >= 0.6 is 0 Å². The highest BCUT2D eigenvalue weighted by molar-refractivity contribution is 5.30. The van der Waals surface area contributed by atoms with Crippen LogP contribution in [0.4, 0.5) is 35.1 Å². The molecule has 100 valence electrons. The molecule has 0 aliphatic heterocycles. The van der Waals surface area contributed by atoms with Crippen molar-refractivity contribution < 1.29 is 35.1 Å². The Morgan fingerprint density at radius 3 is 1.82 bits per heavy atom. The summed E-state index contributed by atoms with van der Waals surface area (Å²) in [5.41, 5.74) is -4.11. The summed E-state index contributed by atoms with van der Waals surface area (Å²) in [6.45, 7) is 1.17. The zero-order valence-electron chi connectivity index (χ0n) is 8.52. The minimum atomic E-state index is -6.11. The van der Waals surface area contributed by atoms with Crippen molar-refractivity contribution in [2.45, 2.75) is 43.2 Å². The fourth-order valence-corrected chi connectivity index (χ4v) is 1.58. The van der Waals surface area contributed by atoms with Crippen molar-refractivity contribution in [3.8, 4) is 0 Å². The summed E-state index contributed by atoms with van der Waals surface area (Å²) < 4.78 is 103. The Morgan fingerprint density at radius 2 is 1.41 bits per heavy atom. The van der Waals surface area contributed by atoms with E-state index in [9.17, 15) is 35.1 Å². The molecule has 0 aromatic heterocycles. The summed E-state index contributed by atoms with van der Waals surface area (Å²) in [4.78, 5) is 0. The molecule has 1 rings (SSSR count). The Kier molecular flexibility index (Phi) is 3.00. The van der Waals surface area contributed by atoms with E-state index in [2.05, 4.69) is 0 Å². The van der Waals surface area contributed by atoms with Gasteiger partial charge in [-0.25, -0.2) is 8.78 Å². The van der Waals surface area contributed by atoms with Crippen LogP contribution in [0.2, 0.25) is 0 Å². The number of alkyl halides is 7. The summed E-state index contributed by atoms with van der Waals surface area (Å²) in [6.07, 6.45) is -2.26. The van der Waals surface area contributed by atoms with Gasteiger partial charge in [0.25, 0.3) is 0 Å². The van der Waals surface area contributed by atoms with Gasteiger partial charge in [0.15, 0.2) is 5.83 Å².